The van der Waals surface area contributed by atoms with E-state index in [0.29, 0.717) is 23.0 Å². The van der Waals surface area contributed by atoms with Gasteiger partial charge in [-0.1, -0.05) is 11.6 Å². The largest absolute Gasteiger partial charge is 0.470 e. The molecule has 0 aliphatic carbocycles. The molecule has 0 saturated heterocycles. The second-order valence-corrected chi connectivity index (χ2v) is 7.18. The summed E-state index contributed by atoms with van der Waals surface area (Å²) in [5.41, 5.74) is 1.34. The summed E-state index contributed by atoms with van der Waals surface area (Å²) in [6.07, 6.45) is 3.44. The van der Waals surface area contributed by atoms with E-state index < -0.39 is 0 Å². The van der Waals surface area contributed by atoms with Crippen LogP contribution in [0, 0.1) is 0 Å². The van der Waals surface area contributed by atoms with Gasteiger partial charge in [0.15, 0.2) is 12.4 Å². The number of carbonyl (C=O) groups is 1. The molecule has 1 aromatic carbocycles. The monoisotopic (exact) mass is 451 g/mol. The third-order valence-corrected chi connectivity index (χ3v) is 4.81. The molecule has 7 nitrogen and oxygen atoms in total. The number of amides is 1. The Morgan fingerprint density at radius 2 is 2.15 bits per heavy atom. The highest BCUT2D eigenvalue weighted by atomic mass is 79.9. The lowest BCUT2D eigenvalue weighted by Crippen LogP contribution is -2.28. The number of aryl methyl sites for hydroxylation is 1. The minimum Gasteiger partial charge on any atom is -0.470 e. The number of hydrogen-bond donors (Lipinski definition) is 0. The maximum atomic E-state index is 12.6. The number of aromatic nitrogens is 4. The summed E-state index contributed by atoms with van der Waals surface area (Å²) in [6, 6.07) is 8.85. The van der Waals surface area contributed by atoms with Gasteiger partial charge in [-0.25, -0.2) is 4.68 Å². The molecule has 1 amide bonds. The Labute approximate surface area is 170 Å². The summed E-state index contributed by atoms with van der Waals surface area (Å²) in [4.78, 5) is 14.2. The van der Waals surface area contributed by atoms with Crippen molar-refractivity contribution >= 4 is 33.4 Å². The fourth-order valence-electron chi connectivity index (χ4n) is 2.57. The van der Waals surface area contributed by atoms with Crippen molar-refractivity contribution in [1.82, 2.24) is 24.5 Å². The van der Waals surface area contributed by atoms with E-state index in [0.717, 1.165) is 16.7 Å². The zero-order valence-corrected chi connectivity index (χ0v) is 17.3. The van der Waals surface area contributed by atoms with Gasteiger partial charge < -0.3 is 9.64 Å². The SMILES string of the molecule is CCn1nccc1CN(C)C(=O)c1ccn(COc2ccc(Cl)cc2Br)n1. The molecule has 27 heavy (non-hydrogen) atoms. The summed E-state index contributed by atoms with van der Waals surface area (Å²) < 4.78 is 9.89. The standard InChI is InChI=1S/C18H19BrClN5O2/c1-3-25-14(6-8-21-25)11-23(2)18(26)16-7-9-24(22-16)12-27-17-5-4-13(20)10-15(17)19/h4-10H,3,11-12H2,1-2H3. The Morgan fingerprint density at radius 3 is 2.89 bits per heavy atom. The van der Waals surface area contributed by atoms with Crippen molar-refractivity contribution in [3.05, 3.63) is 63.6 Å². The lowest BCUT2D eigenvalue weighted by Gasteiger charge is -2.16. The summed E-state index contributed by atoms with van der Waals surface area (Å²) >= 11 is 9.32. The fraction of sp³-hybridized carbons (Fsp3) is 0.278. The molecule has 0 radical (unpaired) electrons. The van der Waals surface area contributed by atoms with E-state index in [-0.39, 0.29) is 12.6 Å². The zero-order chi connectivity index (χ0) is 19.4. The molecule has 0 atom stereocenters. The number of hydrogen-bond acceptors (Lipinski definition) is 4. The first kappa shape index (κ1) is 19.4. The van der Waals surface area contributed by atoms with Gasteiger partial charge >= 0.3 is 0 Å². The number of carbonyl (C=O) groups excluding carboxylic acids is 1. The highest BCUT2D eigenvalue weighted by Crippen LogP contribution is 2.28. The minimum absolute atomic E-state index is 0.162. The van der Waals surface area contributed by atoms with Crippen LogP contribution in [0.15, 0.2) is 47.2 Å². The molecule has 0 N–H and O–H groups in total. The van der Waals surface area contributed by atoms with Gasteiger partial charge in [-0.15, -0.1) is 0 Å². The maximum absolute atomic E-state index is 12.6. The van der Waals surface area contributed by atoms with Crippen molar-refractivity contribution in [2.45, 2.75) is 26.7 Å². The second kappa shape index (κ2) is 8.58. The van der Waals surface area contributed by atoms with Gasteiger partial charge in [0.1, 0.15) is 5.75 Å². The molecule has 0 saturated carbocycles. The smallest absolute Gasteiger partial charge is 0.274 e. The molecule has 0 bridgehead atoms. The molecule has 2 aromatic heterocycles. The Hall–Kier alpha value is -2.32. The average molecular weight is 453 g/mol. The normalized spacial score (nSPS) is 10.8. The van der Waals surface area contributed by atoms with Crippen LogP contribution in [-0.2, 0) is 19.8 Å². The first-order chi connectivity index (χ1) is 13.0. The van der Waals surface area contributed by atoms with Crippen LogP contribution in [-0.4, -0.2) is 37.4 Å². The van der Waals surface area contributed by atoms with Gasteiger partial charge in [-0.2, -0.15) is 10.2 Å². The van der Waals surface area contributed by atoms with Crippen LogP contribution in [0.1, 0.15) is 23.1 Å². The average Bonchev–Trinajstić information content (AvgIpc) is 3.29. The van der Waals surface area contributed by atoms with E-state index in [4.69, 9.17) is 16.3 Å². The van der Waals surface area contributed by atoms with Crippen LogP contribution < -0.4 is 4.74 Å². The number of benzene rings is 1. The van der Waals surface area contributed by atoms with E-state index in [1.807, 2.05) is 17.7 Å². The van der Waals surface area contributed by atoms with Crippen LogP contribution in [0.25, 0.3) is 0 Å². The molecule has 2 heterocycles. The lowest BCUT2D eigenvalue weighted by molar-refractivity contribution is 0.0773. The lowest BCUT2D eigenvalue weighted by atomic mass is 10.3. The van der Waals surface area contributed by atoms with Gasteiger partial charge in [-0.3, -0.25) is 9.48 Å². The minimum atomic E-state index is -0.162. The van der Waals surface area contributed by atoms with Crippen LogP contribution in [0.3, 0.4) is 0 Å². The van der Waals surface area contributed by atoms with Crippen molar-refractivity contribution in [2.24, 2.45) is 0 Å². The number of nitrogens with zero attached hydrogens (tertiary/aromatic N) is 5. The maximum Gasteiger partial charge on any atom is 0.274 e. The molecule has 0 aliphatic rings. The van der Waals surface area contributed by atoms with Crippen LogP contribution in [0.4, 0.5) is 0 Å². The first-order valence-corrected chi connectivity index (χ1v) is 9.52. The van der Waals surface area contributed by atoms with Crippen molar-refractivity contribution in [2.75, 3.05) is 7.05 Å². The zero-order valence-electron chi connectivity index (χ0n) is 15.0. The van der Waals surface area contributed by atoms with Gasteiger partial charge in [0, 0.05) is 31.0 Å². The number of halogens is 2. The van der Waals surface area contributed by atoms with Gasteiger partial charge in [-0.05, 0) is 53.2 Å². The van der Waals surface area contributed by atoms with Crippen molar-refractivity contribution in [3.8, 4) is 5.75 Å². The van der Waals surface area contributed by atoms with Crippen LogP contribution >= 0.6 is 27.5 Å². The number of ether oxygens (including phenoxy) is 1. The quantitative estimate of drug-likeness (QED) is 0.546. The Kier molecular flexibility index (Phi) is 6.18. The second-order valence-electron chi connectivity index (χ2n) is 5.89. The molecule has 0 spiro atoms. The summed E-state index contributed by atoms with van der Waals surface area (Å²) in [6.45, 7) is 3.42. The molecule has 3 aromatic rings. The van der Waals surface area contributed by atoms with Gasteiger partial charge in [0.05, 0.1) is 16.7 Å². The summed E-state index contributed by atoms with van der Waals surface area (Å²) in [5, 5.41) is 9.14. The predicted octanol–water partition coefficient (Wildman–Crippen LogP) is 3.82. The van der Waals surface area contributed by atoms with Crippen molar-refractivity contribution in [3.63, 3.8) is 0 Å². The van der Waals surface area contributed by atoms with Crippen LogP contribution in [0.2, 0.25) is 5.02 Å². The predicted molar refractivity (Wildman–Crippen MR) is 106 cm³/mol. The molecule has 142 valence electrons. The molecule has 0 fully saturated rings. The van der Waals surface area contributed by atoms with E-state index in [2.05, 4.69) is 26.1 Å². The number of rotatable bonds is 7. The summed E-state index contributed by atoms with van der Waals surface area (Å²) in [5.74, 6) is 0.484. The third-order valence-electron chi connectivity index (χ3n) is 3.96. The molecule has 3 rings (SSSR count). The van der Waals surface area contributed by atoms with E-state index >= 15 is 0 Å². The third kappa shape index (κ3) is 4.70. The van der Waals surface area contributed by atoms with Gasteiger partial charge in [0.25, 0.3) is 5.91 Å². The van der Waals surface area contributed by atoms with Crippen molar-refractivity contribution in [1.29, 1.82) is 0 Å². The topological polar surface area (TPSA) is 65.2 Å². The molecular weight excluding hydrogens is 434 g/mol. The Morgan fingerprint density at radius 1 is 1.33 bits per heavy atom. The molecular formula is C18H19BrClN5O2. The first-order valence-electron chi connectivity index (χ1n) is 8.35. The highest BCUT2D eigenvalue weighted by molar-refractivity contribution is 9.10. The van der Waals surface area contributed by atoms with E-state index in [1.165, 1.54) is 0 Å². The molecule has 0 aliphatic heterocycles. The summed E-state index contributed by atoms with van der Waals surface area (Å²) in [7, 11) is 1.75. The van der Waals surface area contributed by atoms with Gasteiger partial charge in [0.2, 0.25) is 0 Å². The van der Waals surface area contributed by atoms with E-state index in [9.17, 15) is 4.79 Å². The Balaban J connectivity index is 1.61. The molecule has 9 heteroatoms. The Bertz CT molecular complexity index is 939. The van der Waals surface area contributed by atoms with E-state index in [1.54, 1.807) is 53.3 Å². The highest BCUT2D eigenvalue weighted by Gasteiger charge is 2.16. The molecule has 0 unspecified atom stereocenters. The van der Waals surface area contributed by atoms with Crippen molar-refractivity contribution < 1.29 is 9.53 Å². The van der Waals surface area contributed by atoms with Crippen LogP contribution in [0.5, 0.6) is 5.75 Å². The fourth-order valence-corrected chi connectivity index (χ4v) is 3.36.